The van der Waals surface area contributed by atoms with Crippen molar-refractivity contribution in [1.29, 1.82) is 0 Å². The molecule has 0 radical (unpaired) electrons. The normalized spacial score (nSPS) is 25.0. The van der Waals surface area contributed by atoms with Crippen LogP contribution in [0.3, 0.4) is 0 Å². The molecule has 1 nitrogen and oxygen atoms in total. The van der Waals surface area contributed by atoms with E-state index in [1.54, 1.807) is 0 Å². The zero-order chi connectivity index (χ0) is 9.19. The zero-order valence-electron chi connectivity index (χ0n) is 8.64. The molecular weight excluding hydrogens is 148 g/mol. The van der Waals surface area contributed by atoms with Gasteiger partial charge in [-0.15, -0.1) is 0 Å². The Morgan fingerprint density at radius 2 is 2.00 bits per heavy atom. The molecule has 0 heterocycles. The fourth-order valence-corrected chi connectivity index (χ4v) is 1.97. The highest BCUT2D eigenvalue weighted by Gasteiger charge is 2.42. The van der Waals surface area contributed by atoms with Crippen molar-refractivity contribution in [3.63, 3.8) is 0 Å². The lowest BCUT2D eigenvalue weighted by molar-refractivity contribution is -0.00806. The standard InChI is InChI=1S/C11H22O/c1-4-9(3)8-11(12,5-2)10-6-7-10/h9-10,12H,4-8H2,1-3H3. The zero-order valence-corrected chi connectivity index (χ0v) is 8.64. The van der Waals surface area contributed by atoms with Gasteiger partial charge in [-0.2, -0.15) is 0 Å². The molecule has 0 amide bonds. The average Bonchev–Trinajstić information content (AvgIpc) is 2.86. The number of hydrogen-bond acceptors (Lipinski definition) is 1. The van der Waals surface area contributed by atoms with Crippen LogP contribution in [0.1, 0.15) is 52.9 Å². The third-order valence-electron chi connectivity index (χ3n) is 3.35. The van der Waals surface area contributed by atoms with Gasteiger partial charge < -0.3 is 5.11 Å². The third kappa shape index (κ3) is 2.22. The van der Waals surface area contributed by atoms with Crippen LogP contribution in [0.15, 0.2) is 0 Å². The van der Waals surface area contributed by atoms with Gasteiger partial charge in [0, 0.05) is 0 Å². The summed E-state index contributed by atoms with van der Waals surface area (Å²) in [5, 5.41) is 10.3. The maximum absolute atomic E-state index is 10.3. The van der Waals surface area contributed by atoms with Crippen molar-refractivity contribution in [2.75, 3.05) is 0 Å². The van der Waals surface area contributed by atoms with E-state index in [4.69, 9.17) is 0 Å². The summed E-state index contributed by atoms with van der Waals surface area (Å²) in [6, 6.07) is 0. The van der Waals surface area contributed by atoms with Gasteiger partial charge in [-0.1, -0.05) is 27.2 Å². The second-order valence-corrected chi connectivity index (χ2v) is 4.45. The fourth-order valence-electron chi connectivity index (χ4n) is 1.97. The number of hydrogen-bond donors (Lipinski definition) is 1. The molecule has 0 bridgehead atoms. The topological polar surface area (TPSA) is 20.2 Å². The van der Waals surface area contributed by atoms with Crippen LogP contribution in [0.25, 0.3) is 0 Å². The van der Waals surface area contributed by atoms with Crippen LogP contribution in [0, 0.1) is 11.8 Å². The third-order valence-corrected chi connectivity index (χ3v) is 3.35. The Labute approximate surface area is 76.2 Å². The van der Waals surface area contributed by atoms with Crippen LogP contribution in [-0.4, -0.2) is 10.7 Å². The molecule has 1 rings (SSSR count). The Kier molecular flexibility index (Phi) is 3.16. The minimum Gasteiger partial charge on any atom is -0.390 e. The summed E-state index contributed by atoms with van der Waals surface area (Å²) in [5.41, 5.74) is -0.324. The molecule has 1 heteroatoms. The van der Waals surface area contributed by atoms with Crippen molar-refractivity contribution >= 4 is 0 Å². The molecule has 0 aromatic carbocycles. The first-order valence-corrected chi connectivity index (χ1v) is 5.34. The van der Waals surface area contributed by atoms with Crippen molar-refractivity contribution in [3.05, 3.63) is 0 Å². The monoisotopic (exact) mass is 170 g/mol. The second-order valence-electron chi connectivity index (χ2n) is 4.45. The van der Waals surface area contributed by atoms with Gasteiger partial charge in [-0.3, -0.25) is 0 Å². The summed E-state index contributed by atoms with van der Waals surface area (Å²) >= 11 is 0. The molecule has 1 aliphatic rings. The molecule has 0 aromatic heterocycles. The van der Waals surface area contributed by atoms with E-state index < -0.39 is 0 Å². The Morgan fingerprint density at radius 3 is 2.33 bits per heavy atom. The first kappa shape index (κ1) is 10.0. The molecule has 72 valence electrons. The van der Waals surface area contributed by atoms with Crippen molar-refractivity contribution < 1.29 is 5.11 Å². The first-order valence-electron chi connectivity index (χ1n) is 5.34. The Morgan fingerprint density at radius 1 is 1.42 bits per heavy atom. The Bertz CT molecular complexity index is 140. The molecule has 0 spiro atoms. The average molecular weight is 170 g/mol. The van der Waals surface area contributed by atoms with E-state index in [1.807, 2.05) is 0 Å². The second kappa shape index (κ2) is 3.78. The highest BCUT2D eigenvalue weighted by atomic mass is 16.3. The van der Waals surface area contributed by atoms with Gasteiger partial charge in [0.05, 0.1) is 5.60 Å². The minimum absolute atomic E-state index is 0.324. The molecule has 1 saturated carbocycles. The predicted octanol–water partition coefficient (Wildman–Crippen LogP) is 2.97. The highest BCUT2D eigenvalue weighted by Crippen LogP contribution is 2.44. The van der Waals surface area contributed by atoms with Gasteiger partial charge in [0.15, 0.2) is 0 Å². The predicted molar refractivity (Wildman–Crippen MR) is 52.0 cm³/mol. The van der Waals surface area contributed by atoms with E-state index in [1.165, 1.54) is 19.3 Å². The molecule has 1 N–H and O–H groups in total. The van der Waals surface area contributed by atoms with E-state index in [-0.39, 0.29) is 5.60 Å². The van der Waals surface area contributed by atoms with Gasteiger partial charge >= 0.3 is 0 Å². The van der Waals surface area contributed by atoms with Crippen LogP contribution >= 0.6 is 0 Å². The smallest absolute Gasteiger partial charge is 0.0675 e. The fraction of sp³-hybridized carbons (Fsp3) is 1.00. The molecule has 0 saturated heterocycles. The quantitative estimate of drug-likeness (QED) is 0.672. The molecule has 12 heavy (non-hydrogen) atoms. The van der Waals surface area contributed by atoms with E-state index in [0.717, 1.165) is 12.8 Å². The summed E-state index contributed by atoms with van der Waals surface area (Å²) in [6.45, 7) is 6.55. The minimum atomic E-state index is -0.324. The molecule has 1 fully saturated rings. The van der Waals surface area contributed by atoms with E-state index >= 15 is 0 Å². The van der Waals surface area contributed by atoms with Crippen molar-refractivity contribution in [3.8, 4) is 0 Å². The van der Waals surface area contributed by atoms with Gasteiger partial charge in [0.2, 0.25) is 0 Å². The molecule has 0 aromatic rings. The molecule has 1 aliphatic carbocycles. The Balaban J connectivity index is 2.42. The molecule has 0 aliphatic heterocycles. The van der Waals surface area contributed by atoms with Crippen LogP contribution in [-0.2, 0) is 0 Å². The van der Waals surface area contributed by atoms with Crippen molar-refractivity contribution in [1.82, 2.24) is 0 Å². The highest BCUT2D eigenvalue weighted by molar-refractivity contribution is 4.94. The van der Waals surface area contributed by atoms with Crippen LogP contribution in [0.4, 0.5) is 0 Å². The molecular formula is C11H22O. The van der Waals surface area contributed by atoms with E-state index in [0.29, 0.717) is 11.8 Å². The van der Waals surface area contributed by atoms with Crippen LogP contribution < -0.4 is 0 Å². The number of aliphatic hydroxyl groups is 1. The largest absolute Gasteiger partial charge is 0.390 e. The van der Waals surface area contributed by atoms with Gasteiger partial charge in [0.1, 0.15) is 0 Å². The summed E-state index contributed by atoms with van der Waals surface area (Å²) in [4.78, 5) is 0. The summed E-state index contributed by atoms with van der Waals surface area (Å²) in [5.74, 6) is 1.30. The maximum Gasteiger partial charge on any atom is 0.0675 e. The van der Waals surface area contributed by atoms with Crippen molar-refractivity contribution in [2.24, 2.45) is 11.8 Å². The van der Waals surface area contributed by atoms with E-state index in [9.17, 15) is 5.11 Å². The Hall–Kier alpha value is -0.0400. The molecule has 2 atom stereocenters. The van der Waals surface area contributed by atoms with Crippen LogP contribution in [0.5, 0.6) is 0 Å². The maximum atomic E-state index is 10.3. The van der Waals surface area contributed by atoms with Gasteiger partial charge in [-0.25, -0.2) is 0 Å². The lowest BCUT2D eigenvalue weighted by Crippen LogP contribution is -2.32. The number of rotatable bonds is 5. The summed E-state index contributed by atoms with van der Waals surface area (Å²) in [6.07, 6.45) is 5.63. The van der Waals surface area contributed by atoms with Gasteiger partial charge in [-0.05, 0) is 37.5 Å². The van der Waals surface area contributed by atoms with Crippen molar-refractivity contribution in [2.45, 2.75) is 58.5 Å². The van der Waals surface area contributed by atoms with E-state index in [2.05, 4.69) is 20.8 Å². The SMILES string of the molecule is CCC(C)CC(O)(CC)C1CC1. The lowest BCUT2D eigenvalue weighted by Gasteiger charge is -2.29. The lowest BCUT2D eigenvalue weighted by atomic mass is 9.84. The summed E-state index contributed by atoms with van der Waals surface area (Å²) in [7, 11) is 0. The van der Waals surface area contributed by atoms with Gasteiger partial charge in [0.25, 0.3) is 0 Å². The summed E-state index contributed by atoms with van der Waals surface area (Å²) < 4.78 is 0. The van der Waals surface area contributed by atoms with Crippen LogP contribution in [0.2, 0.25) is 0 Å². The first-order chi connectivity index (χ1) is 5.62. The molecule has 2 unspecified atom stereocenters.